The highest BCUT2D eigenvalue weighted by Gasteiger charge is 2.25. The van der Waals surface area contributed by atoms with Crippen molar-refractivity contribution in [2.45, 2.75) is 38.8 Å². The Morgan fingerprint density at radius 1 is 1.37 bits per heavy atom. The first-order chi connectivity index (χ1) is 8.83. The van der Waals surface area contributed by atoms with Crippen molar-refractivity contribution in [3.63, 3.8) is 0 Å². The number of thiocarbonyl (C=S) groups is 1. The average Bonchev–Trinajstić information content (AvgIpc) is 2.33. The molecule has 1 aromatic carbocycles. The molecule has 0 heterocycles. The number of nitrogens with zero attached hydrogens (tertiary/aromatic N) is 1. The first-order valence-corrected chi connectivity index (χ1v) is 7.04. The smallest absolute Gasteiger partial charge is 0.0746 e. The van der Waals surface area contributed by atoms with Gasteiger partial charge in [-0.25, -0.2) is 0 Å². The maximum absolute atomic E-state index is 10.0. The summed E-state index contributed by atoms with van der Waals surface area (Å²) >= 11 is 5.07. The van der Waals surface area contributed by atoms with Gasteiger partial charge >= 0.3 is 0 Å². The molecular weight excluding hydrogens is 256 g/mol. The highest BCUT2D eigenvalue weighted by molar-refractivity contribution is 7.80. The normalized spacial score (nSPS) is 13.5. The molecule has 19 heavy (non-hydrogen) atoms. The van der Waals surface area contributed by atoms with Crippen LogP contribution in [-0.4, -0.2) is 33.7 Å². The number of benzene rings is 1. The average molecular weight is 280 g/mol. The second-order valence-corrected chi connectivity index (χ2v) is 6.00. The van der Waals surface area contributed by atoms with Gasteiger partial charge in [-0.15, -0.1) is 0 Å². The highest BCUT2D eigenvalue weighted by atomic mass is 32.1. The fourth-order valence-electron chi connectivity index (χ4n) is 2.26. The van der Waals surface area contributed by atoms with Gasteiger partial charge in [0.1, 0.15) is 0 Å². The van der Waals surface area contributed by atoms with E-state index in [1.165, 1.54) is 5.56 Å². The molecule has 1 aromatic rings. The zero-order valence-corrected chi connectivity index (χ0v) is 12.8. The molecule has 0 spiro atoms. The number of aliphatic hydroxyl groups is 1. The van der Waals surface area contributed by atoms with Crippen molar-refractivity contribution in [1.82, 2.24) is 4.90 Å². The van der Waals surface area contributed by atoms with Crippen LogP contribution in [0.25, 0.3) is 0 Å². The molecule has 0 fully saturated rings. The van der Waals surface area contributed by atoms with Crippen LogP contribution < -0.4 is 5.73 Å². The molecule has 1 atom stereocenters. The second-order valence-electron chi connectivity index (χ2n) is 5.47. The summed E-state index contributed by atoms with van der Waals surface area (Å²) in [6, 6.07) is 10.3. The molecule has 0 aliphatic heterocycles. The van der Waals surface area contributed by atoms with Crippen molar-refractivity contribution >= 4 is 17.2 Å². The van der Waals surface area contributed by atoms with E-state index in [-0.39, 0.29) is 6.04 Å². The van der Waals surface area contributed by atoms with Gasteiger partial charge in [0, 0.05) is 19.0 Å². The zero-order valence-electron chi connectivity index (χ0n) is 12.0. The largest absolute Gasteiger partial charge is 0.393 e. The van der Waals surface area contributed by atoms with Crippen LogP contribution in [0.4, 0.5) is 0 Å². The van der Waals surface area contributed by atoms with E-state index in [0.717, 1.165) is 6.54 Å². The number of hydrogen-bond donors (Lipinski definition) is 2. The fraction of sp³-hybridized carbons (Fsp3) is 0.533. The number of nitrogens with two attached hydrogens (primary N) is 1. The van der Waals surface area contributed by atoms with Crippen LogP contribution in [0, 0.1) is 0 Å². The van der Waals surface area contributed by atoms with Gasteiger partial charge in [0.2, 0.25) is 0 Å². The lowest BCUT2D eigenvalue weighted by Crippen LogP contribution is -2.41. The number of likely N-dealkylation sites (N-methyl/N-ethyl adjacent to an activating group) is 1. The Kier molecular flexibility index (Phi) is 5.91. The van der Waals surface area contributed by atoms with E-state index < -0.39 is 5.60 Å². The van der Waals surface area contributed by atoms with Crippen LogP contribution in [0.15, 0.2) is 30.3 Å². The third-order valence-electron chi connectivity index (χ3n) is 3.02. The number of hydrogen-bond acceptors (Lipinski definition) is 3. The molecule has 3 nitrogen and oxygen atoms in total. The Bertz CT molecular complexity index is 400. The van der Waals surface area contributed by atoms with E-state index in [0.29, 0.717) is 18.0 Å². The maximum Gasteiger partial charge on any atom is 0.0746 e. The van der Waals surface area contributed by atoms with Crippen LogP contribution in [0.3, 0.4) is 0 Å². The minimum atomic E-state index is -0.737. The SMILES string of the molecule is CCN(CC(C)(C)O)C(CC(N)=S)c1ccccc1. The Morgan fingerprint density at radius 3 is 2.37 bits per heavy atom. The van der Waals surface area contributed by atoms with Crippen molar-refractivity contribution in [2.75, 3.05) is 13.1 Å². The van der Waals surface area contributed by atoms with Gasteiger partial charge in [-0.3, -0.25) is 4.90 Å². The Hall–Kier alpha value is -0.970. The molecule has 0 amide bonds. The van der Waals surface area contributed by atoms with Crippen molar-refractivity contribution in [2.24, 2.45) is 5.73 Å². The summed E-state index contributed by atoms with van der Waals surface area (Å²) in [4.78, 5) is 2.72. The minimum absolute atomic E-state index is 0.120. The van der Waals surface area contributed by atoms with E-state index in [1.807, 2.05) is 32.0 Å². The molecule has 3 N–H and O–H groups in total. The van der Waals surface area contributed by atoms with Crippen molar-refractivity contribution in [1.29, 1.82) is 0 Å². The predicted octanol–water partition coefficient (Wildman–Crippen LogP) is 2.50. The Balaban J connectivity index is 2.98. The molecule has 0 saturated heterocycles. The second kappa shape index (κ2) is 6.98. The lowest BCUT2D eigenvalue weighted by molar-refractivity contribution is 0.0232. The zero-order chi connectivity index (χ0) is 14.5. The molecule has 0 radical (unpaired) electrons. The van der Waals surface area contributed by atoms with Crippen LogP contribution in [0.5, 0.6) is 0 Å². The first kappa shape index (κ1) is 16.1. The summed E-state index contributed by atoms with van der Waals surface area (Å²) in [5.41, 5.74) is 6.17. The molecule has 106 valence electrons. The molecule has 1 rings (SSSR count). The minimum Gasteiger partial charge on any atom is -0.393 e. The number of rotatable bonds is 7. The molecule has 4 heteroatoms. The standard InChI is InChI=1S/C15H24N2OS/c1-4-17(11-15(2,3)18)13(10-14(16)19)12-8-6-5-7-9-12/h5-9,13,18H,4,10-11H2,1-3H3,(H2,16,19). The molecule has 0 aromatic heterocycles. The van der Waals surface area contributed by atoms with Gasteiger partial charge in [-0.1, -0.05) is 49.5 Å². The molecule has 0 saturated carbocycles. The van der Waals surface area contributed by atoms with Gasteiger partial charge < -0.3 is 10.8 Å². The predicted molar refractivity (Wildman–Crippen MR) is 84.1 cm³/mol. The molecule has 0 bridgehead atoms. The van der Waals surface area contributed by atoms with Crippen molar-refractivity contribution < 1.29 is 5.11 Å². The summed E-state index contributed by atoms with van der Waals surface area (Å²) in [5.74, 6) is 0. The summed E-state index contributed by atoms with van der Waals surface area (Å²) in [7, 11) is 0. The quantitative estimate of drug-likeness (QED) is 0.754. The van der Waals surface area contributed by atoms with Crippen molar-refractivity contribution in [3.05, 3.63) is 35.9 Å². The van der Waals surface area contributed by atoms with E-state index in [2.05, 4.69) is 24.0 Å². The topological polar surface area (TPSA) is 49.5 Å². The van der Waals surface area contributed by atoms with Crippen LogP contribution in [-0.2, 0) is 0 Å². The maximum atomic E-state index is 10.0. The lowest BCUT2D eigenvalue weighted by Gasteiger charge is -2.35. The lowest BCUT2D eigenvalue weighted by atomic mass is 9.99. The van der Waals surface area contributed by atoms with E-state index in [1.54, 1.807) is 0 Å². The van der Waals surface area contributed by atoms with E-state index in [9.17, 15) is 5.11 Å². The fourth-order valence-corrected chi connectivity index (χ4v) is 2.42. The van der Waals surface area contributed by atoms with Gasteiger partial charge in [-0.2, -0.15) is 0 Å². The first-order valence-electron chi connectivity index (χ1n) is 6.63. The van der Waals surface area contributed by atoms with E-state index in [4.69, 9.17) is 18.0 Å². The Morgan fingerprint density at radius 2 is 1.95 bits per heavy atom. The van der Waals surface area contributed by atoms with Gasteiger partial charge in [0.05, 0.1) is 10.6 Å². The van der Waals surface area contributed by atoms with Gasteiger partial charge in [0.25, 0.3) is 0 Å². The van der Waals surface area contributed by atoms with Crippen molar-refractivity contribution in [3.8, 4) is 0 Å². The van der Waals surface area contributed by atoms with E-state index >= 15 is 0 Å². The van der Waals surface area contributed by atoms with Crippen LogP contribution in [0.1, 0.15) is 38.8 Å². The molecule has 1 unspecified atom stereocenters. The monoisotopic (exact) mass is 280 g/mol. The highest BCUT2D eigenvalue weighted by Crippen LogP contribution is 2.25. The van der Waals surface area contributed by atoms with Crippen LogP contribution >= 0.6 is 12.2 Å². The summed E-state index contributed by atoms with van der Waals surface area (Å²) in [5, 5.41) is 10.0. The Labute approximate surface area is 121 Å². The summed E-state index contributed by atoms with van der Waals surface area (Å²) < 4.78 is 0. The van der Waals surface area contributed by atoms with Gasteiger partial charge in [-0.05, 0) is 26.0 Å². The molecular formula is C15H24N2OS. The van der Waals surface area contributed by atoms with Gasteiger partial charge in [0.15, 0.2) is 0 Å². The molecule has 0 aliphatic carbocycles. The summed E-state index contributed by atoms with van der Waals surface area (Å²) in [6.07, 6.45) is 0.628. The summed E-state index contributed by atoms with van der Waals surface area (Å²) in [6.45, 7) is 7.15. The third kappa shape index (κ3) is 5.68. The third-order valence-corrected chi connectivity index (χ3v) is 3.18. The molecule has 0 aliphatic rings. The van der Waals surface area contributed by atoms with Crippen LogP contribution in [0.2, 0.25) is 0 Å².